The molecule has 0 radical (unpaired) electrons. The van der Waals surface area contributed by atoms with Gasteiger partial charge in [0, 0.05) is 20.3 Å². The van der Waals surface area contributed by atoms with Gasteiger partial charge in [0.1, 0.15) is 0 Å². The van der Waals surface area contributed by atoms with E-state index in [-0.39, 0.29) is 5.92 Å². The molecule has 30 heavy (non-hydrogen) atoms. The summed E-state index contributed by atoms with van der Waals surface area (Å²) >= 11 is 4.12. The van der Waals surface area contributed by atoms with Crippen LogP contribution in [0.1, 0.15) is 77.5 Å². The number of thiophene rings is 1. The average Bonchev–Trinajstić information content (AvgIpc) is 3.41. The summed E-state index contributed by atoms with van der Waals surface area (Å²) in [6, 6.07) is 13.3. The Hall–Kier alpha value is -1.52. The zero-order chi connectivity index (χ0) is 20.9. The monoisotopic (exact) mass is 440 g/mol. The van der Waals surface area contributed by atoms with E-state index in [9.17, 15) is 4.79 Å². The Labute approximate surface area is 188 Å². The van der Waals surface area contributed by atoms with E-state index in [4.69, 9.17) is 5.11 Å². The van der Waals surface area contributed by atoms with Gasteiger partial charge in [-0.3, -0.25) is 4.79 Å². The van der Waals surface area contributed by atoms with Crippen molar-refractivity contribution in [2.45, 2.75) is 68.8 Å². The third kappa shape index (κ3) is 5.79. The van der Waals surface area contributed by atoms with E-state index in [1.165, 1.54) is 46.6 Å². The summed E-state index contributed by atoms with van der Waals surface area (Å²) in [6.45, 7) is 2.12. The number of carboxylic acid groups (broad SMARTS) is 1. The van der Waals surface area contributed by atoms with Crippen LogP contribution in [0.15, 0.2) is 36.4 Å². The Balaban J connectivity index is 1.23. The second-order valence-corrected chi connectivity index (χ2v) is 11.6. The van der Waals surface area contributed by atoms with Gasteiger partial charge in [-0.1, -0.05) is 35.9 Å². The third-order valence-electron chi connectivity index (χ3n) is 6.68. The molecule has 1 saturated heterocycles. The normalized spacial score (nSPS) is 27.0. The van der Waals surface area contributed by atoms with Gasteiger partial charge in [-0.25, -0.2) is 0 Å². The van der Waals surface area contributed by atoms with Gasteiger partial charge in [0.15, 0.2) is 0 Å². The summed E-state index contributed by atoms with van der Waals surface area (Å²) in [5, 5.41) is 10.6. The molecule has 1 aliphatic carbocycles. The van der Waals surface area contributed by atoms with Crippen molar-refractivity contribution in [1.29, 1.82) is 0 Å². The molecule has 2 heterocycles. The molecule has 160 valence electrons. The summed E-state index contributed by atoms with van der Waals surface area (Å²) in [4.78, 5) is 14.0. The number of aryl methyl sites for hydroxylation is 1. The SMILES string of the molecule is Cc1ccc(/C=C/c2ccc(C3CCC(CCC4CCC(C(=O)O)CC4)S3)s2)cc1. The minimum Gasteiger partial charge on any atom is -0.481 e. The quantitative estimate of drug-likeness (QED) is 0.476. The van der Waals surface area contributed by atoms with E-state index in [1.807, 2.05) is 11.3 Å². The average molecular weight is 441 g/mol. The predicted molar refractivity (Wildman–Crippen MR) is 130 cm³/mol. The third-order valence-corrected chi connectivity index (χ3v) is 9.67. The number of aliphatic carboxylic acids is 1. The molecule has 2 unspecified atom stereocenters. The van der Waals surface area contributed by atoms with Gasteiger partial charge in [-0.05, 0) is 88.0 Å². The Bertz CT molecular complexity index is 859. The first-order valence-electron chi connectivity index (χ1n) is 11.3. The lowest BCUT2D eigenvalue weighted by Gasteiger charge is -2.26. The molecule has 0 amide bonds. The van der Waals surface area contributed by atoms with Gasteiger partial charge >= 0.3 is 5.97 Å². The fraction of sp³-hybridized carbons (Fsp3) is 0.500. The maximum absolute atomic E-state index is 11.1. The fourth-order valence-electron chi connectivity index (χ4n) is 4.73. The zero-order valence-corrected chi connectivity index (χ0v) is 19.4. The van der Waals surface area contributed by atoms with E-state index < -0.39 is 5.97 Å². The molecule has 0 bridgehead atoms. The van der Waals surface area contributed by atoms with Crippen molar-refractivity contribution >= 4 is 41.2 Å². The van der Waals surface area contributed by atoms with Crippen LogP contribution in [0.3, 0.4) is 0 Å². The molecule has 2 fully saturated rings. The fourth-order valence-corrected chi connectivity index (χ4v) is 7.47. The molecular formula is C26H32O2S2. The van der Waals surface area contributed by atoms with Gasteiger partial charge < -0.3 is 5.11 Å². The van der Waals surface area contributed by atoms with Crippen LogP contribution < -0.4 is 0 Å². The molecule has 2 aliphatic rings. The predicted octanol–water partition coefficient (Wildman–Crippen LogP) is 7.83. The highest BCUT2D eigenvalue weighted by molar-refractivity contribution is 8.00. The molecular weight excluding hydrogens is 408 g/mol. The first-order chi connectivity index (χ1) is 14.6. The number of benzene rings is 1. The molecule has 4 heteroatoms. The van der Waals surface area contributed by atoms with Crippen molar-refractivity contribution in [1.82, 2.24) is 0 Å². The van der Waals surface area contributed by atoms with E-state index in [1.54, 1.807) is 0 Å². The van der Waals surface area contributed by atoms with Crippen molar-refractivity contribution in [2.75, 3.05) is 0 Å². The van der Waals surface area contributed by atoms with Gasteiger partial charge in [0.25, 0.3) is 0 Å². The maximum Gasteiger partial charge on any atom is 0.306 e. The Morgan fingerprint density at radius 3 is 2.47 bits per heavy atom. The molecule has 1 aromatic carbocycles. The largest absolute Gasteiger partial charge is 0.481 e. The smallest absolute Gasteiger partial charge is 0.306 e. The van der Waals surface area contributed by atoms with Crippen LogP contribution in [0.4, 0.5) is 0 Å². The number of hydrogen-bond acceptors (Lipinski definition) is 3. The second-order valence-electron chi connectivity index (χ2n) is 8.94. The van der Waals surface area contributed by atoms with Crippen LogP contribution in [-0.2, 0) is 4.79 Å². The highest BCUT2D eigenvalue weighted by Crippen LogP contribution is 2.49. The van der Waals surface area contributed by atoms with Crippen molar-refractivity contribution in [3.05, 3.63) is 57.3 Å². The van der Waals surface area contributed by atoms with Crippen LogP contribution in [0, 0.1) is 18.8 Å². The number of rotatable bonds is 7. The molecule has 4 rings (SSSR count). The molecule has 2 nitrogen and oxygen atoms in total. The summed E-state index contributed by atoms with van der Waals surface area (Å²) in [5.74, 6) is 0.0757. The van der Waals surface area contributed by atoms with Crippen molar-refractivity contribution in [2.24, 2.45) is 11.8 Å². The number of thioether (sulfide) groups is 1. The highest BCUT2D eigenvalue weighted by atomic mass is 32.2. The summed E-state index contributed by atoms with van der Waals surface area (Å²) < 4.78 is 0. The van der Waals surface area contributed by atoms with Gasteiger partial charge in [-0.15, -0.1) is 23.1 Å². The Morgan fingerprint density at radius 2 is 1.73 bits per heavy atom. The summed E-state index contributed by atoms with van der Waals surface area (Å²) in [5.41, 5.74) is 2.55. The lowest BCUT2D eigenvalue weighted by atomic mass is 9.80. The minimum absolute atomic E-state index is 0.0837. The standard InChI is InChI=1S/C26H32O2S2/c1-18-2-4-19(5-3-18)8-12-22-14-16-24(29-22)25-17-15-23(30-25)13-9-20-6-10-21(11-7-20)26(27)28/h2-5,8,12,14,16,20-21,23,25H,6-7,9-11,13,15,17H2,1H3,(H,27,28)/b12-8+. The van der Waals surface area contributed by atoms with Crippen LogP contribution in [0.2, 0.25) is 0 Å². The van der Waals surface area contributed by atoms with E-state index in [0.717, 1.165) is 36.9 Å². The van der Waals surface area contributed by atoms with Gasteiger partial charge in [0.2, 0.25) is 0 Å². The van der Waals surface area contributed by atoms with Crippen molar-refractivity contribution in [3.8, 4) is 0 Å². The summed E-state index contributed by atoms with van der Waals surface area (Å²) in [7, 11) is 0. The van der Waals surface area contributed by atoms with Crippen LogP contribution in [0.25, 0.3) is 12.2 Å². The van der Waals surface area contributed by atoms with Gasteiger partial charge in [-0.2, -0.15) is 0 Å². The molecule has 1 saturated carbocycles. The Morgan fingerprint density at radius 1 is 0.967 bits per heavy atom. The van der Waals surface area contributed by atoms with Crippen molar-refractivity contribution < 1.29 is 9.90 Å². The van der Waals surface area contributed by atoms with Crippen LogP contribution in [-0.4, -0.2) is 16.3 Å². The van der Waals surface area contributed by atoms with Crippen LogP contribution in [0.5, 0.6) is 0 Å². The minimum atomic E-state index is -0.591. The first-order valence-corrected chi connectivity index (χ1v) is 13.1. The maximum atomic E-state index is 11.1. The molecule has 0 spiro atoms. The number of hydrogen-bond donors (Lipinski definition) is 1. The van der Waals surface area contributed by atoms with E-state index in [0.29, 0.717) is 5.25 Å². The lowest BCUT2D eigenvalue weighted by molar-refractivity contribution is -0.143. The topological polar surface area (TPSA) is 37.3 Å². The molecule has 2 atom stereocenters. The van der Waals surface area contributed by atoms with Crippen molar-refractivity contribution in [3.63, 3.8) is 0 Å². The molecule has 1 N–H and O–H groups in total. The Kier molecular flexibility index (Phi) is 7.37. The highest BCUT2D eigenvalue weighted by Gasteiger charge is 2.30. The first kappa shape index (κ1) is 21.7. The number of carbonyl (C=O) groups is 1. The molecule has 2 aromatic rings. The molecule has 1 aliphatic heterocycles. The lowest BCUT2D eigenvalue weighted by Crippen LogP contribution is -2.21. The molecule has 1 aromatic heterocycles. The van der Waals surface area contributed by atoms with Crippen LogP contribution >= 0.6 is 23.1 Å². The van der Waals surface area contributed by atoms with E-state index in [2.05, 4.69) is 67.2 Å². The van der Waals surface area contributed by atoms with E-state index >= 15 is 0 Å². The second kappa shape index (κ2) is 10.2. The number of carboxylic acids is 1. The zero-order valence-electron chi connectivity index (χ0n) is 17.8. The summed E-state index contributed by atoms with van der Waals surface area (Å²) in [6.07, 6.45) is 13.6. The van der Waals surface area contributed by atoms with Gasteiger partial charge in [0.05, 0.1) is 5.92 Å².